The van der Waals surface area contributed by atoms with Crippen LogP contribution in [0.15, 0.2) is 35.3 Å². The molecule has 3 N–H and O–H groups in total. The molecule has 1 aromatic carbocycles. The van der Waals surface area contributed by atoms with E-state index in [0.29, 0.717) is 12.2 Å². The molecule has 2 heterocycles. The lowest BCUT2D eigenvalue weighted by molar-refractivity contribution is 0.00768. The fourth-order valence-corrected chi connectivity index (χ4v) is 3.56. The molecule has 7 nitrogen and oxygen atoms in total. The molecule has 1 saturated heterocycles. The number of nitrogens with zero attached hydrogens (tertiary/aromatic N) is 1. The van der Waals surface area contributed by atoms with Gasteiger partial charge in [0, 0.05) is 48.5 Å². The van der Waals surface area contributed by atoms with Gasteiger partial charge in [0.15, 0.2) is 0 Å². The van der Waals surface area contributed by atoms with E-state index in [9.17, 15) is 9.00 Å². The van der Waals surface area contributed by atoms with Crippen molar-refractivity contribution in [1.29, 1.82) is 0 Å². The molecule has 1 fully saturated rings. The molecule has 1 aliphatic rings. The molecule has 0 bridgehead atoms. The zero-order valence-corrected chi connectivity index (χ0v) is 16.6. The highest BCUT2D eigenvalue weighted by molar-refractivity contribution is 7.85. The van der Waals surface area contributed by atoms with Gasteiger partial charge in [-0.25, -0.2) is 4.21 Å². The molecule has 3 rings (SSSR count). The lowest BCUT2D eigenvalue weighted by Gasteiger charge is -2.25. The van der Waals surface area contributed by atoms with Crippen LogP contribution in [0.5, 0.6) is 5.75 Å². The van der Waals surface area contributed by atoms with Crippen LogP contribution in [-0.2, 0) is 22.8 Å². The maximum absolute atomic E-state index is 12.0. The van der Waals surface area contributed by atoms with E-state index < -0.39 is 11.0 Å². The number of anilines is 1. The number of nitrogens with one attached hydrogen (secondary N) is 1. The van der Waals surface area contributed by atoms with Crippen molar-refractivity contribution in [2.24, 2.45) is 7.05 Å². The molecule has 8 heteroatoms. The highest BCUT2D eigenvalue weighted by Crippen LogP contribution is 2.34. The van der Waals surface area contributed by atoms with Crippen LogP contribution >= 0.6 is 0 Å². The van der Waals surface area contributed by atoms with Gasteiger partial charge in [0.05, 0.1) is 6.61 Å². The van der Waals surface area contributed by atoms with E-state index in [2.05, 4.69) is 4.72 Å². The van der Waals surface area contributed by atoms with E-state index in [1.807, 2.05) is 24.3 Å². The van der Waals surface area contributed by atoms with Crippen molar-refractivity contribution in [2.45, 2.75) is 25.9 Å². The Morgan fingerprint density at radius 2 is 2.11 bits per heavy atom. The lowest BCUT2D eigenvalue weighted by atomic mass is 10.0. The Balaban J connectivity index is 0.00000261. The summed E-state index contributed by atoms with van der Waals surface area (Å²) >= 11 is 0. The van der Waals surface area contributed by atoms with Gasteiger partial charge in [0.1, 0.15) is 22.8 Å². The predicted octanol–water partition coefficient (Wildman–Crippen LogP) is 1.80. The first-order chi connectivity index (χ1) is 12.4. The van der Waals surface area contributed by atoms with Crippen LogP contribution in [0.2, 0.25) is 0 Å². The minimum absolute atomic E-state index is 0. The first kappa shape index (κ1) is 21.1. The summed E-state index contributed by atoms with van der Waals surface area (Å²) in [5.74, 6) is 0.728. The smallest absolute Gasteiger partial charge is 0.253 e. The summed E-state index contributed by atoms with van der Waals surface area (Å²) in [7, 11) is 0.561. The topological polar surface area (TPSA) is 101 Å². The number of benzene rings is 1. The van der Waals surface area contributed by atoms with Gasteiger partial charge in [0.25, 0.3) is 5.56 Å². The van der Waals surface area contributed by atoms with Crippen LogP contribution in [0, 0.1) is 6.92 Å². The molecule has 0 saturated carbocycles. The molecule has 27 heavy (non-hydrogen) atoms. The van der Waals surface area contributed by atoms with Gasteiger partial charge >= 0.3 is 0 Å². The number of aryl methyl sites for hydroxylation is 2. The minimum atomic E-state index is -1.17. The standard InChI is InChI=1S/C19H24N2O4S.H2O/c1-13-9-14(11-21(2)19(13)22)17-10-15(20-26(3)23)6-7-18(17)25-16-5-4-8-24-12-16;/h6-7,9-11,16,20H,4-5,8,12H2,1-3H3;1H2. The highest BCUT2D eigenvalue weighted by atomic mass is 32.2. The Bertz CT molecular complexity index is 849. The number of hydrogen-bond donors (Lipinski definition) is 1. The van der Waals surface area contributed by atoms with Crippen LogP contribution in [0.3, 0.4) is 0 Å². The fraction of sp³-hybridized carbons (Fsp3) is 0.421. The second-order valence-corrected chi connectivity index (χ2v) is 7.66. The van der Waals surface area contributed by atoms with Crippen molar-refractivity contribution in [3.8, 4) is 16.9 Å². The SMILES string of the molecule is Cc1cc(-c2cc(NS(C)=O)ccc2OC2CCCOC2)cn(C)c1=O.O. The summed E-state index contributed by atoms with van der Waals surface area (Å²) < 4.78 is 27.7. The zero-order valence-electron chi connectivity index (χ0n) is 15.8. The largest absolute Gasteiger partial charge is 0.487 e. The molecule has 2 aromatic rings. The van der Waals surface area contributed by atoms with E-state index in [4.69, 9.17) is 9.47 Å². The van der Waals surface area contributed by atoms with Crippen molar-refractivity contribution < 1.29 is 19.2 Å². The third kappa shape index (κ3) is 5.18. The van der Waals surface area contributed by atoms with E-state index in [-0.39, 0.29) is 17.1 Å². The maximum Gasteiger partial charge on any atom is 0.253 e. The molecule has 2 atom stereocenters. The fourth-order valence-electron chi connectivity index (χ4n) is 3.10. The van der Waals surface area contributed by atoms with E-state index in [1.54, 1.807) is 31.0 Å². The maximum atomic E-state index is 12.0. The predicted molar refractivity (Wildman–Crippen MR) is 108 cm³/mol. The van der Waals surface area contributed by atoms with Crippen LogP contribution in [0.1, 0.15) is 18.4 Å². The molecule has 148 valence electrons. The Hall–Kier alpha value is -2.16. The first-order valence-electron chi connectivity index (χ1n) is 8.60. The lowest BCUT2D eigenvalue weighted by Crippen LogP contribution is -2.28. The second-order valence-electron chi connectivity index (χ2n) is 6.55. The summed E-state index contributed by atoms with van der Waals surface area (Å²) in [4.78, 5) is 12.0. The first-order valence-corrected chi connectivity index (χ1v) is 10.2. The van der Waals surface area contributed by atoms with Gasteiger partial charge < -0.3 is 24.2 Å². The molecular formula is C19H26N2O5S. The van der Waals surface area contributed by atoms with E-state index in [0.717, 1.165) is 42.0 Å². The number of ether oxygens (including phenoxy) is 2. The molecule has 1 aliphatic heterocycles. The molecule has 0 spiro atoms. The average molecular weight is 394 g/mol. The molecule has 0 amide bonds. The van der Waals surface area contributed by atoms with Crippen molar-refractivity contribution >= 4 is 16.7 Å². The molecule has 1 aromatic heterocycles. The number of rotatable bonds is 5. The van der Waals surface area contributed by atoms with Gasteiger partial charge in [-0.1, -0.05) is 0 Å². The minimum Gasteiger partial charge on any atom is -0.487 e. The number of aromatic nitrogens is 1. The second kappa shape index (κ2) is 9.16. The number of hydrogen-bond acceptors (Lipinski definition) is 4. The summed E-state index contributed by atoms with van der Waals surface area (Å²) in [5, 5.41) is 0. The quantitative estimate of drug-likeness (QED) is 0.835. The van der Waals surface area contributed by atoms with Crippen LogP contribution < -0.4 is 15.0 Å². The highest BCUT2D eigenvalue weighted by Gasteiger charge is 2.18. The molecule has 0 radical (unpaired) electrons. The van der Waals surface area contributed by atoms with Crippen LogP contribution in [0.25, 0.3) is 11.1 Å². The third-order valence-corrected chi connectivity index (χ3v) is 4.85. The Labute approximate surface area is 161 Å². The van der Waals surface area contributed by atoms with Gasteiger partial charge in [-0.2, -0.15) is 0 Å². The van der Waals surface area contributed by atoms with Gasteiger partial charge in [0.2, 0.25) is 0 Å². The zero-order chi connectivity index (χ0) is 18.7. The Kier molecular flexibility index (Phi) is 7.18. The van der Waals surface area contributed by atoms with Crippen LogP contribution in [0.4, 0.5) is 5.69 Å². The van der Waals surface area contributed by atoms with Crippen molar-refractivity contribution in [2.75, 3.05) is 24.2 Å². The van der Waals surface area contributed by atoms with Crippen LogP contribution in [-0.4, -0.2) is 39.8 Å². The summed E-state index contributed by atoms with van der Waals surface area (Å²) in [6, 6.07) is 7.48. The normalized spacial score (nSPS) is 17.7. The monoisotopic (exact) mass is 394 g/mol. The molecular weight excluding hydrogens is 368 g/mol. The third-order valence-electron chi connectivity index (χ3n) is 4.33. The van der Waals surface area contributed by atoms with E-state index in [1.165, 1.54) is 0 Å². The molecule has 2 unspecified atom stereocenters. The Morgan fingerprint density at radius 1 is 1.33 bits per heavy atom. The summed E-state index contributed by atoms with van der Waals surface area (Å²) in [6.45, 7) is 3.15. The van der Waals surface area contributed by atoms with Gasteiger partial charge in [-0.05, 0) is 44.0 Å². The summed E-state index contributed by atoms with van der Waals surface area (Å²) in [6.07, 6.45) is 5.31. The van der Waals surface area contributed by atoms with Gasteiger partial charge in [-0.15, -0.1) is 0 Å². The molecule has 0 aliphatic carbocycles. The van der Waals surface area contributed by atoms with Gasteiger partial charge in [-0.3, -0.25) is 4.79 Å². The summed E-state index contributed by atoms with van der Waals surface area (Å²) in [5.41, 5.74) is 3.10. The number of pyridine rings is 1. The average Bonchev–Trinajstić information content (AvgIpc) is 2.61. The van der Waals surface area contributed by atoms with Crippen molar-refractivity contribution in [3.05, 3.63) is 46.4 Å². The Morgan fingerprint density at radius 3 is 2.74 bits per heavy atom. The van der Waals surface area contributed by atoms with Crippen molar-refractivity contribution in [1.82, 2.24) is 4.57 Å². The van der Waals surface area contributed by atoms with Crippen molar-refractivity contribution in [3.63, 3.8) is 0 Å². The van der Waals surface area contributed by atoms with E-state index >= 15 is 0 Å².